The molecule has 3 rings (SSSR count). The largest absolute Gasteiger partial charge is 0.487 e. The number of ether oxygens (including phenoxy) is 1. The standard InChI is InChI=1S/C18H12F3NO2S/c19-18(20,21)14-5-3-13(4-6-14)17-22-15(11-25-17)10-24-16-7-1-12(9-23)2-8-16/h1-9,11H,10H2. The number of benzene rings is 2. The summed E-state index contributed by atoms with van der Waals surface area (Å²) in [6.07, 6.45) is -3.60. The van der Waals surface area contributed by atoms with Gasteiger partial charge in [-0.05, 0) is 36.4 Å². The third-order valence-electron chi connectivity index (χ3n) is 3.41. The van der Waals surface area contributed by atoms with E-state index in [0.717, 1.165) is 18.4 Å². The first-order valence-electron chi connectivity index (χ1n) is 7.26. The zero-order valence-electron chi connectivity index (χ0n) is 12.8. The third kappa shape index (κ3) is 4.24. The molecule has 128 valence electrons. The fourth-order valence-corrected chi connectivity index (χ4v) is 2.92. The number of halogens is 3. The third-order valence-corrected chi connectivity index (χ3v) is 4.35. The minimum atomic E-state index is -4.35. The molecule has 7 heteroatoms. The predicted octanol–water partition coefficient (Wildman–Crippen LogP) is 5.22. The van der Waals surface area contributed by atoms with E-state index in [1.165, 1.54) is 23.5 Å². The molecule has 0 N–H and O–H groups in total. The number of hydrogen-bond donors (Lipinski definition) is 0. The lowest BCUT2D eigenvalue weighted by Gasteiger charge is -2.06. The number of hydrogen-bond acceptors (Lipinski definition) is 4. The number of alkyl halides is 3. The summed E-state index contributed by atoms with van der Waals surface area (Å²) in [7, 11) is 0. The first-order valence-corrected chi connectivity index (χ1v) is 8.14. The van der Waals surface area contributed by atoms with Gasteiger partial charge in [-0.1, -0.05) is 12.1 Å². The smallest absolute Gasteiger partial charge is 0.416 e. The molecule has 1 heterocycles. The van der Waals surface area contributed by atoms with Crippen LogP contribution in [0.25, 0.3) is 10.6 Å². The van der Waals surface area contributed by atoms with Gasteiger partial charge in [-0.2, -0.15) is 13.2 Å². The van der Waals surface area contributed by atoms with Crippen molar-refractivity contribution in [2.45, 2.75) is 12.8 Å². The summed E-state index contributed by atoms with van der Waals surface area (Å²) >= 11 is 1.34. The molecule has 2 aromatic carbocycles. The molecule has 3 nitrogen and oxygen atoms in total. The van der Waals surface area contributed by atoms with Crippen molar-refractivity contribution in [1.82, 2.24) is 4.98 Å². The molecule has 0 atom stereocenters. The van der Waals surface area contributed by atoms with Crippen molar-refractivity contribution in [3.8, 4) is 16.3 Å². The lowest BCUT2D eigenvalue weighted by molar-refractivity contribution is -0.137. The Hall–Kier alpha value is -2.67. The highest BCUT2D eigenvalue weighted by molar-refractivity contribution is 7.13. The van der Waals surface area contributed by atoms with E-state index in [2.05, 4.69) is 4.98 Å². The van der Waals surface area contributed by atoms with Crippen LogP contribution in [0.3, 0.4) is 0 Å². The molecule has 0 unspecified atom stereocenters. The van der Waals surface area contributed by atoms with E-state index in [-0.39, 0.29) is 6.61 Å². The zero-order valence-corrected chi connectivity index (χ0v) is 13.6. The van der Waals surface area contributed by atoms with Gasteiger partial charge in [0.2, 0.25) is 0 Å². The van der Waals surface area contributed by atoms with E-state index in [9.17, 15) is 18.0 Å². The van der Waals surface area contributed by atoms with Gasteiger partial charge in [0.15, 0.2) is 0 Å². The number of aldehydes is 1. The van der Waals surface area contributed by atoms with Crippen molar-refractivity contribution in [3.63, 3.8) is 0 Å². The molecule has 0 amide bonds. The number of aromatic nitrogens is 1. The fraction of sp³-hybridized carbons (Fsp3) is 0.111. The van der Waals surface area contributed by atoms with Gasteiger partial charge >= 0.3 is 6.18 Å². The number of carbonyl (C=O) groups is 1. The molecule has 0 radical (unpaired) electrons. The zero-order chi connectivity index (χ0) is 17.9. The van der Waals surface area contributed by atoms with E-state index < -0.39 is 11.7 Å². The molecule has 1 aromatic heterocycles. The highest BCUT2D eigenvalue weighted by Gasteiger charge is 2.30. The predicted molar refractivity (Wildman–Crippen MR) is 88.7 cm³/mol. The monoisotopic (exact) mass is 363 g/mol. The van der Waals surface area contributed by atoms with Crippen molar-refractivity contribution in [2.75, 3.05) is 0 Å². The summed E-state index contributed by atoms with van der Waals surface area (Å²) in [5, 5.41) is 2.43. The van der Waals surface area contributed by atoms with E-state index in [1.807, 2.05) is 0 Å². The average molecular weight is 363 g/mol. The minimum Gasteiger partial charge on any atom is -0.487 e. The van der Waals surface area contributed by atoms with Crippen LogP contribution in [0, 0.1) is 0 Å². The summed E-state index contributed by atoms with van der Waals surface area (Å²) in [5.41, 5.74) is 1.18. The van der Waals surface area contributed by atoms with Crippen LogP contribution in [0.5, 0.6) is 5.75 Å². The molecule has 3 aromatic rings. The molecule has 0 saturated heterocycles. The molecule has 0 aliphatic rings. The van der Waals surface area contributed by atoms with Crippen LogP contribution in [-0.2, 0) is 12.8 Å². The molecule has 0 aliphatic heterocycles. The fourth-order valence-electron chi connectivity index (χ4n) is 2.11. The summed E-state index contributed by atoms with van der Waals surface area (Å²) in [6, 6.07) is 11.6. The summed E-state index contributed by atoms with van der Waals surface area (Å²) < 4.78 is 43.3. The van der Waals surface area contributed by atoms with Gasteiger partial charge in [0, 0.05) is 16.5 Å². The maximum absolute atomic E-state index is 12.6. The number of nitrogens with zero attached hydrogens (tertiary/aromatic N) is 1. The second kappa shape index (κ2) is 7.06. The molecule has 0 fully saturated rings. The van der Waals surface area contributed by atoms with Gasteiger partial charge in [-0.15, -0.1) is 11.3 Å². The van der Waals surface area contributed by atoms with Gasteiger partial charge in [0.05, 0.1) is 11.3 Å². The Labute approximate surface area is 145 Å². The lowest BCUT2D eigenvalue weighted by Crippen LogP contribution is -2.03. The topological polar surface area (TPSA) is 39.2 Å². The quantitative estimate of drug-likeness (QED) is 0.584. The van der Waals surface area contributed by atoms with Gasteiger partial charge in [-0.25, -0.2) is 4.98 Å². The highest BCUT2D eigenvalue weighted by atomic mass is 32.1. The van der Waals surface area contributed by atoms with Crippen molar-refractivity contribution in [1.29, 1.82) is 0 Å². The van der Waals surface area contributed by atoms with Crippen molar-refractivity contribution >= 4 is 17.6 Å². The molecule has 25 heavy (non-hydrogen) atoms. The van der Waals surface area contributed by atoms with Crippen LogP contribution in [-0.4, -0.2) is 11.3 Å². The second-order valence-electron chi connectivity index (χ2n) is 5.19. The maximum Gasteiger partial charge on any atom is 0.416 e. The highest BCUT2D eigenvalue weighted by Crippen LogP contribution is 2.31. The summed E-state index contributed by atoms with van der Waals surface area (Å²) in [6.45, 7) is 0.234. The summed E-state index contributed by atoms with van der Waals surface area (Å²) in [4.78, 5) is 15.0. The average Bonchev–Trinajstić information content (AvgIpc) is 3.09. The van der Waals surface area contributed by atoms with E-state index >= 15 is 0 Å². The number of carbonyl (C=O) groups excluding carboxylic acids is 1. The van der Waals surface area contributed by atoms with Gasteiger partial charge in [-0.3, -0.25) is 4.79 Å². The Morgan fingerprint density at radius 3 is 2.32 bits per heavy atom. The van der Waals surface area contributed by atoms with Crippen molar-refractivity contribution in [2.24, 2.45) is 0 Å². The van der Waals surface area contributed by atoms with Gasteiger partial charge in [0.1, 0.15) is 23.7 Å². The van der Waals surface area contributed by atoms with E-state index in [1.54, 1.807) is 29.6 Å². The Bertz CT molecular complexity index is 855. The molecular weight excluding hydrogens is 351 g/mol. The SMILES string of the molecule is O=Cc1ccc(OCc2csc(-c3ccc(C(F)(F)F)cc3)n2)cc1. The number of thiazole rings is 1. The first-order chi connectivity index (χ1) is 12.0. The maximum atomic E-state index is 12.6. The van der Waals surface area contributed by atoms with Crippen LogP contribution in [0.1, 0.15) is 21.6 Å². The minimum absolute atomic E-state index is 0.234. The van der Waals surface area contributed by atoms with Crippen LogP contribution >= 0.6 is 11.3 Å². The van der Waals surface area contributed by atoms with Gasteiger partial charge in [0.25, 0.3) is 0 Å². The van der Waals surface area contributed by atoms with Crippen LogP contribution in [0.4, 0.5) is 13.2 Å². The Morgan fingerprint density at radius 2 is 1.72 bits per heavy atom. The van der Waals surface area contributed by atoms with Crippen molar-refractivity contribution < 1.29 is 22.7 Å². The molecule has 0 bridgehead atoms. The molecular formula is C18H12F3NO2S. The Morgan fingerprint density at radius 1 is 1.04 bits per heavy atom. The lowest BCUT2D eigenvalue weighted by atomic mass is 10.1. The van der Waals surface area contributed by atoms with Crippen molar-refractivity contribution in [3.05, 3.63) is 70.7 Å². The molecule has 0 spiro atoms. The Balaban J connectivity index is 1.66. The van der Waals surface area contributed by atoms with E-state index in [4.69, 9.17) is 4.74 Å². The molecule has 0 saturated carbocycles. The van der Waals surface area contributed by atoms with E-state index in [0.29, 0.717) is 27.6 Å². The second-order valence-corrected chi connectivity index (χ2v) is 6.05. The Kier molecular flexibility index (Phi) is 4.85. The normalized spacial score (nSPS) is 11.3. The van der Waals surface area contributed by atoms with Crippen LogP contribution in [0.2, 0.25) is 0 Å². The first kappa shape index (κ1) is 17.2. The van der Waals surface area contributed by atoms with Gasteiger partial charge < -0.3 is 4.74 Å². The number of rotatable bonds is 5. The molecule has 0 aliphatic carbocycles. The van der Waals surface area contributed by atoms with Crippen LogP contribution in [0.15, 0.2) is 53.9 Å². The van der Waals surface area contributed by atoms with Crippen LogP contribution < -0.4 is 4.74 Å². The summed E-state index contributed by atoms with van der Waals surface area (Å²) in [5.74, 6) is 0.606.